The van der Waals surface area contributed by atoms with Gasteiger partial charge in [0.15, 0.2) is 0 Å². The summed E-state index contributed by atoms with van der Waals surface area (Å²) < 4.78 is 1.63. The number of hydrogen-bond acceptors (Lipinski definition) is 4. The van der Waals surface area contributed by atoms with Crippen molar-refractivity contribution in [3.05, 3.63) is 71.4 Å². The number of hydrogen-bond donors (Lipinski definition) is 1. The number of nitrogens with zero attached hydrogens (tertiary/aromatic N) is 5. The van der Waals surface area contributed by atoms with E-state index in [1.807, 2.05) is 30.5 Å². The van der Waals surface area contributed by atoms with Crippen LogP contribution in [-0.4, -0.2) is 25.0 Å². The molecule has 3 heterocycles. The van der Waals surface area contributed by atoms with Crippen LogP contribution in [0, 0.1) is 11.3 Å². The van der Waals surface area contributed by atoms with E-state index in [-0.39, 0.29) is 0 Å². The number of pyridine rings is 1. The van der Waals surface area contributed by atoms with E-state index >= 15 is 0 Å². The predicted octanol–water partition coefficient (Wildman–Crippen LogP) is 3.86. The van der Waals surface area contributed by atoms with Crippen molar-refractivity contribution in [2.24, 2.45) is 0 Å². The topological polar surface area (TPSA) is 83.2 Å². The Morgan fingerprint density at radius 3 is 3.00 bits per heavy atom. The Balaban J connectivity index is 1.88. The van der Waals surface area contributed by atoms with Crippen LogP contribution in [0.4, 0.5) is 0 Å². The molecule has 0 spiro atoms. The summed E-state index contributed by atoms with van der Waals surface area (Å²) in [6.07, 6.45) is 10.3. The summed E-state index contributed by atoms with van der Waals surface area (Å²) in [4.78, 5) is 7.32. The van der Waals surface area contributed by atoms with Crippen LogP contribution in [0.25, 0.3) is 28.2 Å². The molecule has 3 aromatic heterocycles. The SMILES string of the molecule is N#C/C(=C\c1cnccc1-n1ccnn1)c1c[nH]c2ccc(Cl)cc12. The molecule has 4 aromatic rings. The van der Waals surface area contributed by atoms with Gasteiger partial charge < -0.3 is 4.98 Å². The Labute approximate surface area is 148 Å². The van der Waals surface area contributed by atoms with Gasteiger partial charge in [-0.25, -0.2) is 4.68 Å². The third-order valence-electron chi connectivity index (χ3n) is 3.85. The van der Waals surface area contributed by atoms with Gasteiger partial charge in [-0.15, -0.1) is 5.10 Å². The number of aromatic nitrogens is 5. The van der Waals surface area contributed by atoms with Gasteiger partial charge in [-0.2, -0.15) is 5.26 Å². The minimum absolute atomic E-state index is 0.503. The van der Waals surface area contributed by atoms with Gasteiger partial charge in [0.05, 0.1) is 29.7 Å². The molecule has 25 heavy (non-hydrogen) atoms. The number of benzene rings is 1. The quantitative estimate of drug-likeness (QED) is 0.571. The lowest BCUT2D eigenvalue weighted by Gasteiger charge is -2.05. The fourth-order valence-corrected chi connectivity index (χ4v) is 2.87. The first-order chi connectivity index (χ1) is 12.3. The lowest BCUT2D eigenvalue weighted by Crippen LogP contribution is -1.98. The van der Waals surface area contributed by atoms with Gasteiger partial charge in [0.1, 0.15) is 0 Å². The smallest absolute Gasteiger partial charge is 0.0999 e. The van der Waals surface area contributed by atoms with Gasteiger partial charge in [0.2, 0.25) is 0 Å². The average molecular weight is 347 g/mol. The Kier molecular flexibility index (Phi) is 3.77. The van der Waals surface area contributed by atoms with Crippen LogP contribution in [-0.2, 0) is 0 Å². The second-order valence-corrected chi connectivity index (χ2v) is 5.78. The summed E-state index contributed by atoms with van der Waals surface area (Å²) in [5.41, 5.74) is 3.76. The lowest BCUT2D eigenvalue weighted by molar-refractivity contribution is 0.800. The maximum Gasteiger partial charge on any atom is 0.0999 e. The number of nitriles is 1. The number of rotatable bonds is 3. The zero-order valence-corrected chi connectivity index (χ0v) is 13.6. The van der Waals surface area contributed by atoms with Crippen molar-refractivity contribution in [1.82, 2.24) is 25.0 Å². The molecular weight excluding hydrogens is 336 g/mol. The molecule has 1 aromatic carbocycles. The first-order valence-electron chi connectivity index (χ1n) is 7.46. The molecule has 0 saturated heterocycles. The molecule has 1 N–H and O–H groups in total. The number of aromatic amines is 1. The molecule has 0 amide bonds. The summed E-state index contributed by atoms with van der Waals surface area (Å²) in [5, 5.41) is 19.0. The minimum atomic E-state index is 0.503. The Morgan fingerprint density at radius 1 is 1.28 bits per heavy atom. The number of halogens is 1. The molecule has 4 rings (SSSR count). The van der Waals surface area contributed by atoms with Crippen molar-refractivity contribution in [3.8, 4) is 11.8 Å². The van der Waals surface area contributed by atoms with Crippen molar-refractivity contribution in [3.63, 3.8) is 0 Å². The normalized spacial score (nSPS) is 11.6. The highest BCUT2D eigenvalue weighted by atomic mass is 35.5. The Morgan fingerprint density at radius 2 is 2.20 bits per heavy atom. The molecule has 0 bridgehead atoms. The van der Waals surface area contributed by atoms with E-state index < -0.39 is 0 Å². The van der Waals surface area contributed by atoms with Crippen molar-refractivity contribution in [2.45, 2.75) is 0 Å². The fourth-order valence-electron chi connectivity index (χ4n) is 2.70. The fraction of sp³-hybridized carbons (Fsp3) is 0. The van der Waals surface area contributed by atoms with E-state index in [1.54, 1.807) is 35.5 Å². The second kappa shape index (κ2) is 6.23. The molecule has 0 unspecified atom stereocenters. The third-order valence-corrected chi connectivity index (χ3v) is 4.09. The summed E-state index contributed by atoms with van der Waals surface area (Å²) in [5.74, 6) is 0. The van der Waals surface area contributed by atoms with Gasteiger partial charge in [-0.1, -0.05) is 16.8 Å². The summed E-state index contributed by atoms with van der Waals surface area (Å²) >= 11 is 6.10. The maximum absolute atomic E-state index is 9.69. The van der Waals surface area contributed by atoms with Crippen LogP contribution in [0.2, 0.25) is 5.02 Å². The second-order valence-electron chi connectivity index (χ2n) is 5.34. The van der Waals surface area contributed by atoms with E-state index in [1.165, 1.54) is 0 Å². The van der Waals surface area contributed by atoms with Gasteiger partial charge in [-0.05, 0) is 30.3 Å². The van der Waals surface area contributed by atoms with Crippen LogP contribution >= 0.6 is 11.6 Å². The standard InChI is InChI=1S/C18H11ClN6/c19-14-1-2-17-15(8-14)16(11-22-17)12(9-20)7-13-10-21-4-3-18(13)25-6-5-23-24-25/h1-8,10-11,22H/b12-7+. The van der Waals surface area contributed by atoms with Crippen LogP contribution < -0.4 is 0 Å². The first kappa shape index (κ1) is 15.1. The largest absolute Gasteiger partial charge is 0.361 e. The number of allylic oxidation sites excluding steroid dienone is 1. The van der Waals surface area contributed by atoms with E-state index in [9.17, 15) is 5.26 Å². The van der Waals surface area contributed by atoms with Crippen molar-refractivity contribution >= 4 is 34.2 Å². The molecule has 0 radical (unpaired) electrons. The van der Waals surface area contributed by atoms with Crippen LogP contribution in [0.3, 0.4) is 0 Å². The van der Waals surface area contributed by atoms with Crippen molar-refractivity contribution in [2.75, 3.05) is 0 Å². The monoisotopic (exact) mass is 346 g/mol. The number of fused-ring (bicyclic) bond motifs is 1. The van der Waals surface area contributed by atoms with E-state index in [2.05, 4.69) is 26.3 Å². The summed E-state index contributed by atoms with van der Waals surface area (Å²) in [7, 11) is 0. The molecule has 0 fully saturated rings. The molecule has 0 aliphatic rings. The zero-order valence-electron chi connectivity index (χ0n) is 12.9. The molecule has 0 aliphatic heterocycles. The van der Waals surface area contributed by atoms with Gasteiger partial charge >= 0.3 is 0 Å². The Bertz CT molecular complexity index is 1120. The highest BCUT2D eigenvalue weighted by Gasteiger charge is 2.11. The number of nitrogens with one attached hydrogen (secondary N) is 1. The molecule has 0 atom stereocenters. The van der Waals surface area contributed by atoms with Gasteiger partial charge in [0, 0.05) is 45.6 Å². The van der Waals surface area contributed by atoms with Crippen LogP contribution in [0.1, 0.15) is 11.1 Å². The third kappa shape index (κ3) is 2.77. The van der Waals surface area contributed by atoms with Gasteiger partial charge in [0.25, 0.3) is 0 Å². The molecule has 0 aliphatic carbocycles. The molecule has 7 heteroatoms. The van der Waals surface area contributed by atoms with E-state index in [0.29, 0.717) is 10.6 Å². The van der Waals surface area contributed by atoms with Crippen LogP contribution in [0.5, 0.6) is 0 Å². The van der Waals surface area contributed by atoms with Crippen molar-refractivity contribution in [1.29, 1.82) is 5.26 Å². The van der Waals surface area contributed by atoms with Crippen LogP contribution in [0.15, 0.2) is 55.2 Å². The molecule has 6 nitrogen and oxygen atoms in total. The highest BCUT2D eigenvalue weighted by Crippen LogP contribution is 2.29. The molecule has 120 valence electrons. The molecular formula is C18H11ClN6. The summed E-state index contributed by atoms with van der Waals surface area (Å²) in [6.45, 7) is 0. The predicted molar refractivity (Wildman–Crippen MR) is 95.9 cm³/mol. The Hall–Kier alpha value is -3.43. The maximum atomic E-state index is 9.69. The minimum Gasteiger partial charge on any atom is -0.361 e. The van der Waals surface area contributed by atoms with Crippen molar-refractivity contribution < 1.29 is 0 Å². The summed E-state index contributed by atoms with van der Waals surface area (Å²) in [6, 6.07) is 9.63. The zero-order chi connectivity index (χ0) is 17.2. The molecule has 0 saturated carbocycles. The average Bonchev–Trinajstić information content (AvgIpc) is 3.30. The van der Waals surface area contributed by atoms with E-state index in [4.69, 9.17) is 11.6 Å². The lowest BCUT2D eigenvalue weighted by atomic mass is 10.0. The first-order valence-corrected chi connectivity index (χ1v) is 7.83. The highest BCUT2D eigenvalue weighted by molar-refractivity contribution is 6.31. The number of H-pyrrole nitrogens is 1. The van der Waals surface area contributed by atoms with Gasteiger partial charge in [-0.3, -0.25) is 4.98 Å². The van der Waals surface area contributed by atoms with E-state index in [0.717, 1.165) is 27.7 Å².